The number of rotatable bonds is 4. The van der Waals surface area contributed by atoms with Gasteiger partial charge in [-0.1, -0.05) is 24.4 Å². The van der Waals surface area contributed by atoms with Crippen molar-refractivity contribution in [1.82, 2.24) is 0 Å². The number of nitrogens with one attached hydrogen (secondary N) is 1. The molecule has 0 aliphatic heterocycles. The van der Waals surface area contributed by atoms with Gasteiger partial charge in [0.1, 0.15) is 0 Å². The second kappa shape index (κ2) is 6.27. The predicted molar refractivity (Wildman–Crippen MR) is 86.9 cm³/mol. The molecule has 0 atom stereocenters. The smallest absolute Gasteiger partial charge is 0.256 e. The van der Waals surface area contributed by atoms with E-state index >= 15 is 0 Å². The monoisotopic (exact) mass is 354 g/mol. The number of thiocarbonyl (C=S) groups is 1. The zero-order valence-electron chi connectivity index (χ0n) is 9.85. The highest BCUT2D eigenvalue weighted by Crippen LogP contribution is 2.21. The van der Waals surface area contributed by atoms with Gasteiger partial charge in [0.25, 0.3) is 5.91 Å². The van der Waals surface area contributed by atoms with E-state index in [-0.39, 0.29) is 5.91 Å². The minimum absolute atomic E-state index is 0.121. The molecule has 1 aromatic heterocycles. The van der Waals surface area contributed by atoms with Gasteiger partial charge in [0.15, 0.2) is 0 Å². The highest BCUT2D eigenvalue weighted by molar-refractivity contribution is 9.11. The van der Waals surface area contributed by atoms with Crippen molar-refractivity contribution >= 4 is 56.1 Å². The van der Waals surface area contributed by atoms with E-state index in [2.05, 4.69) is 21.2 Å². The Hall–Kier alpha value is -1.24. The summed E-state index contributed by atoms with van der Waals surface area (Å²) in [6.07, 6.45) is 0.570. The molecular weight excluding hydrogens is 344 g/mol. The molecule has 2 rings (SSSR count). The molecule has 6 heteroatoms. The van der Waals surface area contributed by atoms with Crippen molar-refractivity contribution in [2.24, 2.45) is 5.73 Å². The predicted octanol–water partition coefficient (Wildman–Crippen LogP) is 3.59. The molecule has 0 fully saturated rings. The number of nitrogens with two attached hydrogens (primary N) is 1. The number of benzene rings is 1. The summed E-state index contributed by atoms with van der Waals surface area (Å²) in [7, 11) is 0. The average molecular weight is 355 g/mol. The maximum absolute atomic E-state index is 11.9. The average Bonchev–Trinajstić information content (AvgIpc) is 2.78. The molecule has 98 valence electrons. The Labute approximate surface area is 129 Å². The van der Waals surface area contributed by atoms with Gasteiger partial charge >= 0.3 is 0 Å². The van der Waals surface area contributed by atoms with Crippen LogP contribution in [0.1, 0.15) is 15.9 Å². The number of carbonyl (C=O) groups is 1. The topological polar surface area (TPSA) is 55.1 Å². The van der Waals surface area contributed by atoms with E-state index in [1.165, 1.54) is 11.3 Å². The Morgan fingerprint density at radius 2 is 2.05 bits per heavy atom. The molecule has 19 heavy (non-hydrogen) atoms. The quantitative estimate of drug-likeness (QED) is 0.824. The van der Waals surface area contributed by atoms with Gasteiger partial charge in [-0.15, -0.1) is 11.3 Å². The summed E-state index contributed by atoms with van der Waals surface area (Å²) in [6, 6.07) is 9.28. The van der Waals surface area contributed by atoms with Crippen LogP contribution in [0.4, 0.5) is 5.69 Å². The molecule has 0 aliphatic rings. The lowest BCUT2D eigenvalue weighted by atomic mass is 10.1. The van der Waals surface area contributed by atoms with Gasteiger partial charge in [0.2, 0.25) is 0 Å². The Bertz CT molecular complexity index is 607. The van der Waals surface area contributed by atoms with Crippen LogP contribution in [0.5, 0.6) is 0 Å². The number of hydrogen-bond donors (Lipinski definition) is 2. The fourth-order valence-electron chi connectivity index (χ4n) is 1.54. The summed E-state index contributed by atoms with van der Waals surface area (Å²) in [4.78, 5) is 12.4. The fourth-order valence-corrected chi connectivity index (χ4v) is 2.84. The van der Waals surface area contributed by atoms with Gasteiger partial charge in [-0.2, -0.15) is 0 Å². The molecule has 0 saturated heterocycles. The lowest BCUT2D eigenvalue weighted by molar-refractivity contribution is 0.102. The highest BCUT2D eigenvalue weighted by atomic mass is 79.9. The number of halogens is 1. The molecule has 1 amide bonds. The molecule has 3 nitrogen and oxygen atoms in total. The third kappa shape index (κ3) is 4.12. The van der Waals surface area contributed by atoms with Crippen molar-refractivity contribution in [3.8, 4) is 0 Å². The van der Waals surface area contributed by atoms with Crippen LogP contribution in [-0.2, 0) is 6.42 Å². The van der Waals surface area contributed by atoms with Crippen molar-refractivity contribution in [2.75, 3.05) is 5.32 Å². The zero-order valence-corrected chi connectivity index (χ0v) is 13.1. The van der Waals surface area contributed by atoms with E-state index in [4.69, 9.17) is 18.0 Å². The van der Waals surface area contributed by atoms with Crippen molar-refractivity contribution in [3.63, 3.8) is 0 Å². The minimum Gasteiger partial charge on any atom is -0.393 e. The lowest BCUT2D eigenvalue weighted by Crippen LogP contribution is -2.12. The summed E-state index contributed by atoms with van der Waals surface area (Å²) in [5.41, 5.74) is 7.90. The van der Waals surface area contributed by atoms with Crippen LogP contribution in [0.2, 0.25) is 0 Å². The van der Waals surface area contributed by atoms with Crippen molar-refractivity contribution in [2.45, 2.75) is 6.42 Å². The van der Waals surface area contributed by atoms with Gasteiger partial charge in [-0.25, -0.2) is 0 Å². The number of amides is 1. The van der Waals surface area contributed by atoms with Crippen molar-refractivity contribution in [1.29, 1.82) is 0 Å². The first-order chi connectivity index (χ1) is 9.04. The number of carbonyl (C=O) groups excluding carboxylic acids is 1. The Morgan fingerprint density at radius 3 is 2.58 bits per heavy atom. The van der Waals surface area contributed by atoms with Crippen LogP contribution in [0.15, 0.2) is 39.5 Å². The molecule has 3 N–H and O–H groups in total. The van der Waals surface area contributed by atoms with Gasteiger partial charge in [-0.05, 0) is 39.7 Å². The molecule has 0 saturated carbocycles. The molecule has 0 radical (unpaired) electrons. The van der Waals surface area contributed by atoms with Crippen LogP contribution in [0.3, 0.4) is 0 Å². The number of anilines is 1. The summed E-state index contributed by atoms with van der Waals surface area (Å²) >= 11 is 9.66. The molecule has 1 heterocycles. The van der Waals surface area contributed by atoms with Crippen LogP contribution in [-0.4, -0.2) is 10.9 Å². The summed E-state index contributed by atoms with van der Waals surface area (Å²) in [5, 5.41) is 4.64. The standard InChI is InChI=1S/C13H11BrN2OS2/c14-11-6-9(7-19-11)13(17)16-10-3-1-8(2-4-10)5-12(15)18/h1-4,6-7H,5H2,(H2,15,18)(H,16,17). The first-order valence-corrected chi connectivity index (χ1v) is 7.55. The second-order valence-corrected chi connectivity index (χ2v) is 6.75. The number of hydrogen-bond acceptors (Lipinski definition) is 3. The van der Waals surface area contributed by atoms with Crippen LogP contribution >= 0.6 is 39.5 Å². The van der Waals surface area contributed by atoms with E-state index in [1.54, 1.807) is 11.4 Å². The molecule has 2 aromatic rings. The van der Waals surface area contributed by atoms with Crippen LogP contribution < -0.4 is 11.1 Å². The first-order valence-electron chi connectivity index (χ1n) is 5.47. The van der Waals surface area contributed by atoms with Gasteiger partial charge < -0.3 is 11.1 Å². The normalized spacial score (nSPS) is 10.2. The molecule has 0 bridgehead atoms. The fraction of sp³-hybridized carbons (Fsp3) is 0.0769. The molecular formula is C13H11BrN2OS2. The third-order valence-corrected chi connectivity index (χ3v) is 4.07. The largest absolute Gasteiger partial charge is 0.393 e. The van der Waals surface area contributed by atoms with Crippen molar-refractivity contribution in [3.05, 3.63) is 50.6 Å². The molecule has 0 aliphatic carbocycles. The second-order valence-electron chi connectivity index (χ2n) is 3.93. The molecule has 0 spiro atoms. The van der Waals surface area contributed by atoms with E-state index in [9.17, 15) is 4.79 Å². The SMILES string of the molecule is NC(=S)Cc1ccc(NC(=O)c2csc(Br)c2)cc1. The van der Waals surface area contributed by atoms with Crippen LogP contribution in [0, 0.1) is 0 Å². The summed E-state index contributed by atoms with van der Waals surface area (Å²) in [5.74, 6) is -0.121. The minimum atomic E-state index is -0.121. The van der Waals surface area contributed by atoms with E-state index in [0.29, 0.717) is 17.0 Å². The lowest BCUT2D eigenvalue weighted by Gasteiger charge is -2.05. The van der Waals surface area contributed by atoms with E-state index in [0.717, 1.165) is 15.0 Å². The Morgan fingerprint density at radius 1 is 1.37 bits per heavy atom. The van der Waals surface area contributed by atoms with E-state index < -0.39 is 0 Å². The Balaban J connectivity index is 2.03. The third-order valence-electron chi connectivity index (χ3n) is 2.42. The van der Waals surface area contributed by atoms with Gasteiger partial charge in [0, 0.05) is 17.5 Å². The molecule has 0 unspecified atom stereocenters. The van der Waals surface area contributed by atoms with Crippen LogP contribution in [0.25, 0.3) is 0 Å². The first kappa shape index (κ1) is 14.2. The Kier molecular flexibility index (Phi) is 4.68. The maximum Gasteiger partial charge on any atom is 0.256 e. The maximum atomic E-state index is 11.9. The molecule has 1 aromatic carbocycles. The number of thiophene rings is 1. The highest BCUT2D eigenvalue weighted by Gasteiger charge is 2.08. The van der Waals surface area contributed by atoms with Crippen molar-refractivity contribution < 1.29 is 4.79 Å². The zero-order chi connectivity index (χ0) is 13.8. The van der Waals surface area contributed by atoms with E-state index in [1.807, 2.05) is 24.3 Å². The summed E-state index contributed by atoms with van der Waals surface area (Å²) in [6.45, 7) is 0. The van der Waals surface area contributed by atoms with Gasteiger partial charge in [-0.3, -0.25) is 4.79 Å². The summed E-state index contributed by atoms with van der Waals surface area (Å²) < 4.78 is 0.935. The van der Waals surface area contributed by atoms with Gasteiger partial charge in [0.05, 0.1) is 14.3 Å².